The fourth-order valence-electron chi connectivity index (χ4n) is 4.19. The van der Waals surface area contributed by atoms with Gasteiger partial charge in [-0.05, 0) is 68.1 Å². The number of halogens is 3. The van der Waals surface area contributed by atoms with E-state index in [-0.39, 0.29) is 23.8 Å². The average Bonchev–Trinajstić information content (AvgIpc) is 2.71. The van der Waals surface area contributed by atoms with Gasteiger partial charge in [-0.2, -0.15) is 13.2 Å². The molecule has 2 N–H and O–H groups in total. The van der Waals surface area contributed by atoms with Crippen molar-refractivity contribution in [3.8, 4) is 0 Å². The Labute approximate surface area is 181 Å². The normalized spacial score (nSPS) is 19.5. The van der Waals surface area contributed by atoms with Crippen LogP contribution in [0.3, 0.4) is 0 Å². The van der Waals surface area contributed by atoms with Crippen LogP contribution >= 0.6 is 0 Å². The molecule has 0 fully saturated rings. The third-order valence-corrected chi connectivity index (χ3v) is 5.67. The molecule has 2 aromatic rings. The number of nitrogens with zero attached hydrogens (tertiary/aromatic N) is 1. The molecule has 2 aromatic carbocycles. The molecule has 1 amide bonds. The van der Waals surface area contributed by atoms with Crippen LogP contribution in [0.4, 0.5) is 18.9 Å². The lowest BCUT2D eigenvalue weighted by atomic mass is 9.79. The highest BCUT2D eigenvalue weighted by atomic mass is 19.4. The molecule has 3 atom stereocenters. The van der Waals surface area contributed by atoms with Gasteiger partial charge < -0.3 is 15.5 Å². The number of carbonyl (C=O) groups is 1. The zero-order valence-electron chi connectivity index (χ0n) is 18.2. The average molecular weight is 434 g/mol. The SMILES string of the molecule is C[C@@H](CNC(=O)CN(C)C)C[C@H]1C[C@H](c2ccccc2)Nc2ccc(C(F)(F)F)cc21. The zero-order valence-corrected chi connectivity index (χ0v) is 18.2. The highest BCUT2D eigenvalue weighted by Gasteiger charge is 2.34. The summed E-state index contributed by atoms with van der Waals surface area (Å²) in [5, 5.41) is 6.35. The molecular weight excluding hydrogens is 403 g/mol. The lowest BCUT2D eigenvalue weighted by Gasteiger charge is -2.35. The standard InChI is InChI=1S/C24H30F3N3O/c1-16(14-28-23(31)15-30(2)3)11-18-12-22(17-7-5-4-6-8-17)29-21-10-9-19(13-20(18)21)24(25,26)27/h4-10,13,16,18,22,29H,11-12,14-15H2,1-3H3,(H,28,31)/t16-,18+,22-/m1/s1. The molecule has 0 saturated carbocycles. The number of fused-ring (bicyclic) bond motifs is 1. The zero-order chi connectivity index (χ0) is 22.6. The number of likely N-dealkylation sites (N-methyl/N-ethyl adjacent to an activating group) is 1. The number of hydrogen-bond acceptors (Lipinski definition) is 3. The maximum Gasteiger partial charge on any atom is 0.416 e. The Kier molecular flexibility index (Phi) is 7.26. The van der Waals surface area contributed by atoms with E-state index in [2.05, 4.69) is 10.6 Å². The molecule has 31 heavy (non-hydrogen) atoms. The number of hydrogen-bond donors (Lipinski definition) is 2. The third-order valence-electron chi connectivity index (χ3n) is 5.67. The number of amides is 1. The quantitative estimate of drug-likeness (QED) is 0.642. The van der Waals surface area contributed by atoms with E-state index in [4.69, 9.17) is 0 Å². The van der Waals surface area contributed by atoms with Crippen molar-refractivity contribution in [2.24, 2.45) is 5.92 Å². The lowest BCUT2D eigenvalue weighted by Crippen LogP contribution is -2.36. The van der Waals surface area contributed by atoms with Crippen LogP contribution in [-0.2, 0) is 11.0 Å². The van der Waals surface area contributed by atoms with Crippen LogP contribution in [0.1, 0.15) is 48.4 Å². The summed E-state index contributed by atoms with van der Waals surface area (Å²) >= 11 is 0. The maximum atomic E-state index is 13.3. The fourth-order valence-corrected chi connectivity index (χ4v) is 4.19. The van der Waals surface area contributed by atoms with E-state index >= 15 is 0 Å². The number of benzene rings is 2. The molecule has 0 radical (unpaired) electrons. The second-order valence-corrected chi connectivity index (χ2v) is 8.72. The lowest BCUT2D eigenvalue weighted by molar-refractivity contribution is -0.137. The minimum Gasteiger partial charge on any atom is -0.378 e. The van der Waals surface area contributed by atoms with Crippen molar-refractivity contribution in [2.45, 2.75) is 37.9 Å². The molecule has 1 aliphatic rings. The first-order valence-electron chi connectivity index (χ1n) is 10.6. The van der Waals surface area contributed by atoms with Gasteiger partial charge in [0.2, 0.25) is 5.91 Å². The third kappa shape index (κ3) is 6.23. The predicted octanol–water partition coefficient (Wildman–Crippen LogP) is 5.05. The number of rotatable bonds is 7. The van der Waals surface area contributed by atoms with Gasteiger partial charge in [0.05, 0.1) is 18.2 Å². The monoisotopic (exact) mass is 433 g/mol. The van der Waals surface area contributed by atoms with Gasteiger partial charge in [-0.3, -0.25) is 4.79 Å². The van der Waals surface area contributed by atoms with Crippen molar-refractivity contribution >= 4 is 11.6 Å². The molecule has 3 rings (SSSR count). The van der Waals surface area contributed by atoms with E-state index in [1.165, 1.54) is 6.07 Å². The van der Waals surface area contributed by atoms with Gasteiger partial charge in [0.1, 0.15) is 0 Å². The number of alkyl halides is 3. The Morgan fingerprint density at radius 1 is 1.19 bits per heavy atom. The Balaban J connectivity index is 1.80. The fraction of sp³-hybridized carbons (Fsp3) is 0.458. The summed E-state index contributed by atoms with van der Waals surface area (Å²) in [6.45, 7) is 2.84. The summed E-state index contributed by atoms with van der Waals surface area (Å²) in [5.74, 6) is 0.0432. The number of carbonyl (C=O) groups excluding carboxylic acids is 1. The highest BCUT2D eigenvalue weighted by molar-refractivity contribution is 5.77. The van der Waals surface area contributed by atoms with E-state index < -0.39 is 11.7 Å². The minimum atomic E-state index is -4.37. The first-order valence-corrected chi connectivity index (χ1v) is 10.6. The molecule has 7 heteroatoms. The largest absolute Gasteiger partial charge is 0.416 e. The van der Waals surface area contributed by atoms with Gasteiger partial charge in [-0.15, -0.1) is 0 Å². The second kappa shape index (κ2) is 9.73. The summed E-state index contributed by atoms with van der Waals surface area (Å²) < 4.78 is 40.0. The topological polar surface area (TPSA) is 44.4 Å². The van der Waals surface area contributed by atoms with Crippen LogP contribution in [0.25, 0.3) is 0 Å². The van der Waals surface area contributed by atoms with Gasteiger partial charge in [0, 0.05) is 12.2 Å². The second-order valence-electron chi connectivity index (χ2n) is 8.72. The van der Waals surface area contributed by atoms with Gasteiger partial charge in [-0.25, -0.2) is 0 Å². The van der Waals surface area contributed by atoms with Crippen LogP contribution in [0.5, 0.6) is 0 Å². The van der Waals surface area contributed by atoms with Crippen molar-refractivity contribution < 1.29 is 18.0 Å². The van der Waals surface area contributed by atoms with Crippen LogP contribution in [0.15, 0.2) is 48.5 Å². The van der Waals surface area contributed by atoms with Crippen LogP contribution in [-0.4, -0.2) is 38.0 Å². The summed E-state index contributed by atoms with van der Waals surface area (Å²) in [4.78, 5) is 13.8. The first-order chi connectivity index (χ1) is 14.6. The van der Waals surface area contributed by atoms with E-state index in [0.29, 0.717) is 31.5 Å². The number of nitrogens with one attached hydrogen (secondary N) is 2. The van der Waals surface area contributed by atoms with E-state index in [1.807, 2.05) is 51.4 Å². The molecule has 168 valence electrons. The van der Waals surface area contributed by atoms with Gasteiger partial charge >= 0.3 is 6.18 Å². The van der Waals surface area contributed by atoms with Crippen molar-refractivity contribution in [3.63, 3.8) is 0 Å². The molecule has 0 aromatic heterocycles. The van der Waals surface area contributed by atoms with Crippen LogP contribution in [0, 0.1) is 5.92 Å². The summed E-state index contributed by atoms with van der Waals surface area (Å²) in [5.41, 5.74) is 1.95. The molecule has 0 saturated heterocycles. The molecule has 0 spiro atoms. The Morgan fingerprint density at radius 2 is 1.90 bits per heavy atom. The predicted molar refractivity (Wildman–Crippen MR) is 117 cm³/mol. The Hall–Kier alpha value is -2.54. The van der Waals surface area contributed by atoms with E-state index in [9.17, 15) is 18.0 Å². The summed E-state index contributed by atoms with van der Waals surface area (Å²) in [6, 6.07) is 14.0. The number of anilines is 1. The molecular formula is C24H30F3N3O. The van der Waals surface area contributed by atoms with E-state index in [1.54, 1.807) is 11.0 Å². The Morgan fingerprint density at radius 3 is 2.55 bits per heavy atom. The van der Waals surface area contributed by atoms with Crippen LogP contribution in [0.2, 0.25) is 0 Å². The minimum absolute atomic E-state index is 0.0333. The molecule has 0 unspecified atom stereocenters. The van der Waals surface area contributed by atoms with Crippen molar-refractivity contribution in [1.29, 1.82) is 0 Å². The smallest absolute Gasteiger partial charge is 0.378 e. The molecule has 1 aliphatic heterocycles. The maximum absolute atomic E-state index is 13.3. The molecule has 4 nitrogen and oxygen atoms in total. The van der Waals surface area contributed by atoms with Crippen molar-refractivity contribution in [2.75, 3.05) is 32.5 Å². The van der Waals surface area contributed by atoms with Crippen LogP contribution < -0.4 is 10.6 Å². The van der Waals surface area contributed by atoms with Gasteiger partial charge in [0.25, 0.3) is 0 Å². The van der Waals surface area contributed by atoms with Gasteiger partial charge in [0.15, 0.2) is 0 Å². The van der Waals surface area contributed by atoms with E-state index in [0.717, 1.165) is 17.3 Å². The summed E-state index contributed by atoms with van der Waals surface area (Å²) in [6.07, 6.45) is -2.97. The molecule has 1 heterocycles. The summed E-state index contributed by atoms with van der Waals surface area (Å²) in [7, 11) is 3.66. The molecule has 0 bridgehead atoms. The van der Waals surface area contributed by atoms with Crippen molar-refractivity contribution in [1.82, 2.24) is 10.2 Å². The van der Waals surface area contributed by atoms with Gasteiger partial charge in [-0.1, -0.05) is 37.3 Å². The Bertz CT molecular complexity index is 883. The highest BCUT2D eigenvalue weighted by Crippen LogP contribution is 2.45. The van der Waals surface area contributed by atoms with Crippen molar-refractivity contribution in [3.05, 3.63) is 65.2 Å². The first kappa shape index (κ1) is 23.1. The molecule has 0 aliphatic carbocycles.